The predicted molar refractivity (Wildman–Crippen MR) is 135 cm³/mol. The lowest BCUT2D eigenvalue weighted by atomic mass is 9.79. The zero-order chi connectivity index (χ0) is 27.6. The van der Waals surface area contributed by atoms with E-state index < -0.39 is 17.8 Å². The number of aromatic nitrogens is 5. The summed E-state index contributed by atoms with van der Waals surface area (Å²) < 4.78 is 48.5. The monoisotopic (exact) mass is 546 g/mol. The lowest BCUT2D eigenvalue weighted by Gasteiger charge is -2.29. The molecule has 39 heavy (non-hydrogen) atoms. The second-order valence-electron chi connectivity index (χ2n) is 10.6. The normalized spacial score (nSPS) is 23.9. The first-order valence-corrected chi connectivity index (χ1v) is 13.4. The van der Waals surface area contributed by atoms with E-state index in [1.165, 1.54) is 17.7 Å². The third-order valence-corrected chi connectivity index (χ3v) is 8.11. The molecule has 1 amide bonds. The molecule has 0 saturated heterocycles. The molecule has 2 fully saturated rings. The predicted octanol–water partition coefficient (Wildman–Crippen LogP) is 5.80. The van der Waals surface area contributed by atoms with Crippen molar-refractivity contribution in [3.05, 3.63) is 59.4 Å². The van der Waals surface area contributed by atoms with E-state index >= 15 is 0 Å². The molecule has 2 N–H and O–H groups in total. The molecule has 0 spiro atoms. The third-order valence-electron chi connectivity index (χ3n) is 8.11. The fourth-order valence-electron chi connectivity index (χ4n) is 5.87. The van der Waals surface area contributed by atoms with Gasteiger partial charge in [0.15, 0.2) is 5.82 Å². The van der Waals surface area contributed by atoms with Crippen LogP contribution in [0, 0.1) is 0 Å². The fourth-order valence-corrected chi connectivity index (χ4v) is 5.87. The number of halogens is 3. The van der Waals surface area contributed by atoms with Crippen LogP contribution in [0.5, 0.6) is 5.75 Å². The molecule has 2 aromatic heterocycles. The van der Waals surface area contributed by atoms with Gasteiger partial charge in [-0.1, -0.05) is 6.07 Å². The van der Waals surface area contributed by atoms with Crippen LogP contribution in [0.2, 0.25) is 0 Å². The first kappa shape index (κ1) is 27.0. The number of hydrogen-bond acceptors (Lipinski definition) is 5. The zero-order valence-corrected chi connectivity index (χ0v) is 21.8. The summed E-state index contributed by atoms with van der Waals surface area (Å²) in [5.74, 6) is 2.27. The van der Waals surface area contributed by atoms with Gasteiger partial charge in [-0.05, 0) is 81.0 Å². The molecule has 1 aromatic carbocycles. The van der Waals surface area contributed by atoms with E-state index in [4.69, 9.17) is 9.84 Å². The highest BCUT2D eigenvalue weighted by Gasteiger charge is 2.31. The summed E-state index contributed by atoms with van der Waals surface area (Å²) in [6, 6.07) is 5.16. The Balaban J connectivity index is 1.13. The minimum atomic E-state index is -4.42. The van der Waals surface area contributed by atoms with Crippen molar-refractivity contribution in [2.24, 2.45) is 7.05 Å². The lowest BCUT2D eigenvalue weighted by Crippen LogP contribution is -2.37. The first-order chi connectivity index (χ1) is 18.7. The lowest BCUT2D eigenvalue weighted by molar-refractivity contribution is -0.137. The van der Waals surface area contributed by atoms with Crippen LogP contribution in [0.1, 0.15) is 92.0 Å². The van der Waals surface area contributed by atoms with Crippen LogP contribution < -0.4 is 10.1 Å². The molecule has 3 aromatic rings. The highest BCUT2D eigenvalue weighted by atomic mass is 19.4. The minimum absolute atomic E-state index is 0.0253. The van der Waals surface area contributed by atoms with Crippen molar-refractivity contribution in [3.63, 3.8) is 0 Å². The van der Waals surface area contributed by atoms with Gasteiger partial charge >= 0.3 is 12.3 Å². The number of nitrogens with zero attached hydrogens (tertiary/aromatic N) is 5. The van der Waals surface area contributed by atoms with Crippen molar-refractivity contribution in [1.29, 1.82) is 0 Å². The Morgan fingerprint density at radius 3 is 2.49 bits per heavy atom. The largest absolute Gasteiger partial charge is 0.486 e. The maximum atomic E-state index is 13.0. The molecule has 12 heteroatoms. The summed E-state index contributed by atoms with van der Waals surface area (Å²) in [5, 5.41) is 24.8. The third kappa shape index (κ3) is 6.36. The van der Waals surface area contributed by atoms with Gasteiger partial charge in [0.2, 0.25) is 0 Å². The van der Waals surface area contributed by atoms with E-state index in [0.717, 1.165) is 69.3 Å². The van der Waals surface area contributed by atoms with Gasteiger partial charge in [0.25, 0.3) is 0 Å². The highest BCUT2D eigenvalue weighted by molar-refractivity contribution is 5.64. The molecule has 0 aliphatic heterocycles. The van der Waals surface area contributed by atoms with Crippen molar-refractivity contribution >= 4 is 6.09 Å². The average molecular weight is 547 g/mol. The van der Waals surface area contributed by atoms with Crippen LogP contribution in [0.25, 0.3) is 0 Å². The van der Waals surface area contributed by atoms with E-state index in [-0.39, 0.29) is 24.3 Å². The van der Waals surface area contributed by atoms with Crippen molar-refractivity contribution in [3.8, 4) is 5.75 Å². The van der Waals surface area contributed by atoms with E-state index in [1.54, 1.807) is 0 Å². The summed E-state index contributed by atoms with van der Waals surface area (Å²) in [5.41, 5.74) is 0.494. The van der Waals surface area contributed by atoms with Gasteiger partial charge in [0.05, 0.1) is 17.8 Å². The first-order valence-electron chi connectivity index (χ1n) is 13.4. The Morgan fingerprint density at radius 2 is 1.79 bits per heavy atom. The van der Waals surface area contributed by atoms with Crippen molar-refractivity contribution < 1.29 is 27.8 Å². The molecule has 0 atom stereocenters. The average Bonchev–Trinajstić information content (AvgIpc) is 3.55. The van der Waals surface area contributed by atoms with Gasteiger partial charge in [-0.3, -0.25) is 4.68 Å². The summed E-state index contributed by atoms with van der Waals surface area (Å²) >= 11 is 0. The molecule has 5 rings (SSSR count). The highest BCUT2D eigenvalue weighted by Crippen LogP contribution is 2.40. The Kier molecular flexibility index (Phi) is 7.81. The summed E-state index contributed by atoms with van der Waals surface area (Å²) in [4.78, 5) is 10.9. The number of hydrogen-bond donors (Lipinski definition) is 2. The molecule has 0 unspecified atom stereocenters. The molecule has 2 saturated carbocycles. The number of amides is 1. The fraction of sp³-hybridized carbons (Fsp3) is 0.556. The molecule has 0 radical (unpaired) electrons. The summed E-state index contributed by atoms with van der Waals surface area (Å²) in [6.45, 7) is 0.0353. The van der Waals surface area contributed by atoms with E-state index in [2.05, 4.69) is 31.5 Å². The zero-order valence-electron chi connectivity index (χ0n) is 21.8. The van der Waals surface area contributed by atoms with Crippen LogP contribution in [0.15, 0.2) is 36.7 Å². The number of ether oxygens (including phenoxy) is 1. The number of alkyl halides is 3. The molecule has 2 aliphatic carbocycles. The number of rotatable bonds is 7. The van der Waals surface area contributed by atoms with E-state index in [1.807, 2.05) is 17.8 Å². The Morgan fingerprint density at radius 1 is 1.08 bits per heavy atom. The Bertz CT molecular complexity index is 1270. The molecule has 0 bridgehead atoms. The molecular formula is C27H33F3N6O3. The van der Waals surface area contributed by atoms with Crippen molar-refractivity contribution in [2.45, 2.75) is 88.1 Å². The van der Waals surface area contributed by atoms with Gasteiger partial charge in [0, 0.05) is 25.2 Å². The smallest absolute Gasteiger partial charge is 0.416 e. The maximum absolute atomic E-state index is 13.0. The molecule has 210 valence electrons. The Hall–Kier alpha value is -3.57. The van der Waals surface area contributed by atoms with Crippen LogP contribution in [-0.4, -0.2) is 41.8 Å². The minimum Gasteiger partial charge on any atom is -0.486 e. The number of carbonyl (C=O) groups is 1. The number of benzene rings is 1. The SMILES string of the molecule is Cn1c(COc2cccc(C(F)(F)F)c2)nnc1[C@H]1CC[C@H](c2cnn([C@H]3CC[C@H](NC(=O)O)CC3)c2)CC1. The van der Waals surface area contributed by atoms with Crippen molar-refractivity contribution in [2.75, 3.05) is 0 Å². The van der Waals surface area contributed by atoms with Gasteiger partial charge in [-0.15, -0.1) is 10.2 Å². The van der Waals surface area contributed by atoms with E-state index in [0.29, 0.717) is 17.8 Å². The van der Waals surface area contributed by atoms with Crippen LogP contribution >= 0.6 is 0 Å². The second-order valence-corrected chi connectivity index (χ2v) is 10.6. The van der Waals surface area contributed by atoms with Gasteiger partial charge in [0.1, 0.15) is 18.2 Å². The summed E-state index contributed by atoms with van der Waals surface area (Å²) in [7, 11) is 1.87. The van der Waals surface area contributed by atoms with Gasteiger partial charge in [-0.2, -0.15) is 18.3 Å². The van der Waals surface area contributed by atoms with Crippen LogP contribution in [0.4, 0.5) is 18.0 Å². The van der Waals surface area contributed by atoms with Gasteiger partial charge < -0.3 is 19.7 Å². The van der Waals surface area contributed by atoms with Crippen LogP contribution in [0.3, 0.4) is 0 Å². The van der Waals surface area contributed by atoms with Crippen molar-refractivity contribution in [1.82, 2.24) is 29.9 Å². The van der Waals surface area contributed by atoms with E-state index in [9.17, 15) is 18.0 Å². The number of carboxylic acid groups (broad SMARTS) is 1. The maximum Gasteiger partial charge on any atom is 0.416 e. The quantitative estimate of drug-likeness (QED) is 0.388. The van der Waals surface area contributed by atoms with Gasteiger partial charge in [-0.25, -0.2) is 4.79 Å². The van der Waals surface area contributed by atoms with Crippen LogP contribution in [-0.2, 0) is 19.8 Å². The second kappa shape index (κ2) is 11.3. The Labute approximate surface area is 224 Å². The molecule has 2 aliphatic rings. The molecule has 2 heterocycles. The number of nitrogens with one attached hydrogen (secondary N) is 1. The standard InChI is InChI=1S/C27H33F3N6O3/c1-35-24(16-39-23-4-2-3-20(13-23)27(28,29)30)33-34-25(35)18-7-5-17(6-8-18)19-14-31-36(15-19)22-11-9-21(10-12-22)32-26(37)38/h2-4,13-15,17-18,21-22,32H,5-12,16H2,1H3,(H,37,38)/t17-,18-,21-,22-. The molecular weight excluding hydrogens is 513 g/mol. The summed E-state index contributed by atoms with van der Waals surface area (Å²) in [6.07, 6.45) is 6.14. The topological polar surface area (TPSA) is 107 Å². The molecule has 9 nitrogen and oxygen atoms in total.